The monoisotopic (exact) mass is 277 g/mol. The molecule has 2 bridgehead atoms. The zero-order chi connectivity index (χ0) is 14.4. The van der Waals surface area contributed by atoms with Crippen LogP contribution in [0.5, 0.6) is 0 Å². The van der Waals surface area contributed by atoms with Gasteiger partial charge < -0.3 is 0 Å². The summed E-state index contributed by atoms with van der Waals surface area (Å²) in [7, 11) is 0. The second-order valence-corrected chi connectivity index (χ2v) is 6.08. The first-order valence-corrected chi connectivity index (χ1v) is 7.39. The van der Waals surface area contributed by atoms with E-state index in [0.29, 0.717) is 0 Å². The van der Waals surface area contributed by atoms with Crippen molar-refractivity contribution in [3.8, 4) is 12.1 Å². The molecule has 3 fully saturated rings. The molecule has 0 spiro atoms. The van der Waals surface area contributed by atoms with Crippen LogP contribution in [-0.2, 0) is 0 Å². The normalized spacial score (nSPS) is 39.6. The van der Waals surface area contributed by atoms with Gasteiger partial charge in [0, 0.05) is 11.8 Å². The number of hydrogen-bond donors (Lipinski definition) is 0. The summed E-state index contributed by atoms with van der Waals surface area (Å²) in [6.45, 7) is 0. The third-order valence-electron chi connectivity index (χ3n) is 5.25. The zero-order valence-electron chi connectivity index (χ0n) is 11.5. The van der Waals surface area contributed by atoms with Crippen LogP contribution in [0, 0.1) is 46.3 Å². The van der Waals surface area contributed by atoms with Crippen LogP contribution in [0.2, 0.25) is 0 Å². The predicted molar refractivity (Wildman–Crippen MR) is 75.8 cm³/mol. The Kier molecular flexibility index (Phi) is 2.68. The molecule has 5 rings (SSSR count). The molecule has 21 heavy (non-hydrogen) atoms. The van der Waals surface area contributed by atoms with Crippen molar-refractivity contribution < 1.29 is 0 Å². The highest BCUT2D eigenvalue weighted by Gasteiger charge is 2.58. The molecule has 6 atom stereocenters. The Bertz CT molecular complexity index is 655. The fourth-order valence-electron chi connectivity index (χ4n) is 4.36. The molecule has 4 aliphatic rings. The first-order chi connectivity index (χ1) is 10.3. The fourth-order valence-corrected chi connectivity index (χ4v) is 4.36. The van der Waals surface area contributed by atoms with Gasteiger partial charge in [0.15, 0.2) is 0 Å². The van der Waals surface area contributed by atoms with E-state index in [2.05, 4.69) is 22.5 Å². The fraction of sp³-hybridized carbons (Fsp3) is 0.500. The van der Waals surface area contributed by atoms with E-state index in [4.69, 9.17) is 0 Å². The second-order valence-electron chi connectivity index (χ2n) is 6.08. The zero-order valence-corrected chi connectivity index (χ0v) is 11.5. The molecule has 0 aromatic heterocycles. The minimum absolute atomic E-state index is 0.0678. The average molecular weight is 277 g/mol. The van der Waals surface area contributed by atoms with Crippen molar-refractivity contribution in [2.45, 2.75) is 24.9 Å². The summed E-state index contributed by atoms with van der Waals surface area (Å²) in [4.78, 5) is 0. The van der Waals surface area contributed by atoms with E-state index < -0.39 is 0 Å². The van der Waals surface area contributed by atoms with Crippen LogP contribution >= 0.6 is 0 Å². The van der Waals surface area contributed by atoms with Crippen molar-refractivity contribution >= 4 is 5.69 Å². The minimum Gasteiger partial charge on any atom is -0.242 e. The van der Waals surface area contributed by atoms with Gasteiger partial charge in [-0.25, -0.2) is 5.01 Å². The summed E-state index contributed by atoms with van der Waals surface area (Å²) in [5.74, 6) is -0.0219. The van der Waals surface area contributed by atoms with Gasteiger partial charge in [-0.15, -0.1) is 0 Å². The number of nitrogens with zero attached hydrogens (tertiary/aromatic N) is 5. The van der Waals surface area contributed by atoms with Gasteiger partial charge in [0.25, 0.3) is 0 Å². The van der Waals surface area contributed by atoms with E-state index in [-0.39, 0.29) is 35.8 Å². The number of anilines is 1. The predicted octanol–water partition coefficient (Wildman–Crippen LogP) is 2.93. The number of nitriles is 2. The Labute approximate surface area is 123 Å². The lowest BCUT2D eigenvalue weighted by Gasteiger charge is -2.50. The maximum absolute atomic E-state index is 9.51. The summed E-state index contributed by atoms with van der Waals surface area (Å²) in [6, 6.07) is 14.9. The van der Waals surface area contributed by atoms with Crippen molar-refractivity contribution in [1.82, 2.24) is 0 Å². The van der Waals surface area contributed by atoms with Crippen LogP contribution in [0.25, 0.3) is 0 Å². The highest BCUT2D eigenvalue weighted by atomic mass is 15.6. The molecule has 0 amide bonds. The third kappa shape index (κ3) is 1.61. The van der Waals surface area contributed by atoms with Crippen LogP contribution in [0.15, 0.2) is 40.7 Å². The number of benzene rings is 1. The summed E-state index contributed by atoms with van der Waals surface area (Å²) >= 11 is 0. The lowest BCUT2D eigenvalue weighted by molar-refractivity contribution is 0.0525. The van der Waals surface area contributed by atoms with Gasteiger partial charge in [-0.1, -0.05) is 23.4 Å². The van der Waals surface area contributed by atoms with Gasteiger partial charge in [0.2, 0.25) is 0 Å². The number of hydrogen-bond acceptors (Lipinski definition) is 5. The van der Waals surface area contributed by atoms with Crippen LogP contribution in [0.1, 0.15) is 12.8 Å². The molecule has 5 nitrogen and oxygen atoms in total. The highest BCUT2D eigenvalue weighted by molar-refractivity contribution is 5.48. The molecular weight excluding hydrogens is 262 g/mol. The number of para-hydroxylation sites is 1. The van der Waals surface area contributed by atoms with E-state index in [1.54, 1.807) is 0 Å². The molecule has 0 unspecified atom stereocenters. The van der Waals surface area contributed by atoms with Gasteiger partial charge in [0.1, 0.15) is 0 Å². The maximum Gasteiger partial charge on any atom is 0.0998 e. The molecule has 104 valence electrons. The maximum atomic E-state index is 9.51. The van der Waals surface area contributed by atoms with Crippen molar-refractivity contribution in [1.29, 1.82) is 10.5 Å². The van der Waals surface area contributed by atoms with Crippen LogP contribution in [-0.4, -0.2) is 12.1 Å². The summed E-state index contributed by atoms with van der Waals surface area (Å²) in [5, 5.41) is 29.7. The molecular formula is C16H15N5. The quantitative estimate of drug-likeness (QED) is 0.792. The lowest BCUT2D eigenvalue weighted by atomic mass is 9.55. The highest BCUT2D eigenvalue weighted by Crippen LogP contribution is 2.53. The van der Waals surface area contributed by atoms with Crippen molar-refractivity contribution in [2.24, 2.45) is 34.0 Å². The standard InChI is InChI=1S/C16H15N5/c17-8-13-11-6-7-12(14(13)9-18)16-15(11)19-20-21(16)10-4-2-1-3-5-10/h1-5,11-16H,6-7H2/t11-,12-,13+,14-,15+,16+/m1/s1. The number of rotatable bonds is 1. The summed E-state index contributed by atoms with van der Waals surface area (Å²) in [5.41, 5.74) is 1.02. The van der Waals surface area contributed by atoms with Gasteiger partial charge in [-0.2, -0.15) is 15.6 Å². The summed E-state index contributed by atoms with van der Waals surface area (Å²) in [6.07, 6.45) is 1.99. The molecule has 1 heterocycles. The lowest BCUT2D eigenvalue weighted by Crippen LogP contribution is -2.58. The van der Waals surface area contributed by atoms with Crippen LogP contribution in [0.4, 0.5) is 5.69 Å². The van der Waals surface area contributed by atoms with Crippen molar-refractivity contribution in [3.05, 3.63) is 30.3 Å². The van der Waals surface area contributed by atoms with Gasteiger partial charge >= 0.3 is 0 Å². The second kappa shape index (κ2) is 4.56. The first-order valence-electron chi connectivity index (χ1n) is 7.39. The van der Waals surface area contributed by atoms with Crippen molar-refractivity contribution in [2.75, 3.05) is 5.01 Å². The Morgan fingerprint density at radius 2 is 1.67 bits per heavy atom. The molecule has 0 saturated heterocycles. The Morgan fingerprint density at radius 1 is 1.00 bits per heavy atom. The van der Waals surface area contributed by atoms with Gasteiger partial charge in [-0.05, 0) is 25.0 Å². The molecule has 0 radical (unpaired) electrons. The molecule has 3 saturated carbocycles. The van der Waals surface area contributed by atoms with E-state index in [0.717, 1.165) is 18.5 Å². The molecule has 1 aromatic carbocycles. The minimum atomic E-state index is -0.190. The van der Waals surface area contributed by atoms with Crippen LogP contribution in [0.3, 0.4) is 0 Å². The van der Waals surface area contributed by atoms with Crippen molar-refractivity contribution in [3.63, 3.8) is 0 Å². The molecule has 5 heteroatoms. The summed E-state index contributed by atoms with van der Waals surface area (Å²) < 4.78 is 0. The van der Waals surface area contributed by atoms with E-state index in [9.17, 15) is 10.5 Å². The Balaban J connectivity index is 1.73. The van der Waals surface area contributed by atoms with Gasteiger partial charge in [0.05, 0.1) is 41.7 Å². The molecule has 1 aliphatic heterocycles. The number of fused-ring (bicyclic) bond motifs is 2. The first kappa shape index (κ1) is 12.3. The average Bonchev–Trinajstić information content (AvgIpc) is 3.01. The molecule has 0 N–H and O–H groups in total. The van der Waals surface area contributed by atoms with E-state index in [1.165, 1.54) is 0 Å². The Hall–Kier alpha value is -2.40. The van der Waals surface area contributed by atoms with Crippen LogP contribution < -0.4 is 5.01 Å². The van der Waals surface area contributed by atoms with E-state index in [1.807, 2.05) is 35.3 Å². The SMILES string of the molecule is N#C[C@@H]1[C@H](C#N)[C@H]2CC[C@H]1[C@@H]1N=NN(c3ccccc3)[C@@H]21. The largest absolute Gasteiger partial charge is 0.242 e. The topological polar surface area (TPSA) is 75.5 Å². The smallest absolute Gasteiger partial charge is 0.0998 e. The third-order valence-corrected chi connectivity index (χ3v) is 5.25. The van der Waals surface area contributed by atoms with E-state index >= 15 is 0 Å². The molecule has 3 aliphatic carbocycles. The molecule has 1 aromatic rings. The van der Waals surface area contributed by atoms with Gasteiger partial charge in [-0.3, -0.25) is 0 Å². The Morgan fingerprint density at radius 3 is 2.38 bits per heavy atom.